The van der Waals surface area contributed by atoms with Crippen molar-refractivity contribution in [3.05, 3.63) is 30.0 Å². The van der Waals surface area contributed by atoms with E-state index >= 15 is 0 Å². The Balaban J connectivity index is 1.97. The third-order valence-electron chi connectivity index (χ3n) is 4.11. The number of alkyl halides is 1. The summed E-state index contributed by atoms with van der Waals surface area (Å²) in [5.74, 6) is 0. The smallest absolute Gasteiger partial charge is 0.118 e. The number of halogens is 1. The predicted octanol–water partition coefficient (Wildman–Crippen LogP) is 2.82. The van der Waals surface area contributed by atoms with E-state index in [-0.39, 0.29) is 6.04 Å². The van der Waals surface area contributed by atoms with Gasteiger partial charge in [-0.05, 0) is 32.3 Å². The molecule has 19 heavy (non-hydrogen) atoms. The van der Waals surface area contributed by atoms with Gasteiger partial charge in [0.05, 0.1) is 11.2 Å². The number of nitrogens with zero attached hydrogens (tertiary/aromatic N) is 2. The second-order valence-electron chi connectivity index (χ2n) is 5.61. The molecular weight excluding hydrogens is 241 g/mol. The Morgan fingerprint density at radius 2 is 2.26 bits per heavy atom. The van der Waals surface area contributed by atoms with Crippen molar-refractivity contribution in [1.29, 1.82) is 0 Å². The molecule has 0 radical (unpaired) electrons. The first-order valence-electron chi connectivity index (χ1n) is 7.00. The number of hydrogen-bond donors (Lipinski definition) is 1. The van der Waals surface area contributed by atoms with Crippen LogP contribution in [0.4, 0.5) is 4.39 Å². The maximum absolute atomic E-state index is 14.8. The minimum Gasteiger partial charge on any atom is -0.328 e. The molecule has 0 bridgehead atoms. The highest BCUT2D eigenvalue weighted by atomic mass is 19.1. The monoisotopic (exact) mass is 261 g/mol. The number of aromatic nitrogens is 2. The van der Waals surface area contributed by atoms with Gasteiger partial charge in [0.2, 0.25) is 0 Å². The maximum Gasteiger partial charge on any atom is 0.118 e. The summed E-state index contributed by atoms with van der Waals surface area (Å²) in [6.45, 7) is 2.86. The summed E-state index contributed by atoms with van der Waals surface area (Å²) in [5, 5.41) is 5.65. The molecule has 2 aromatic rings. The summed E-state index contributed by atoms with van der Waals surface area (Å²) in [4.78, 5) is 0. The molecule has 2 unspecified atom stereocenters. The number of aryl methyl sites for hydroxylation is 1. The van der Waals surface area contributed by atoms with Crippen LogP contribution in [0.5, 0.6) is 0 Å². The highest BCUT2D eigenvalue weighted by molar-refractivity contribution is 5.82. The van der Waals surface area contributed by atoms with Crippen molar-refractivity contribution in [3.8, 4) is 0 Å². The molecule has 1 saturated carbocycles. The van der Waals surface area contributed by atoms with Crippen LogP contribution in [0.3, 0.4) is 0 Å². The Kier molecular flexibility index (Phi) is 3.05. The van der Waals surface area contributed by atoms with Gasteiger partial charge in [-0.1, -0.05) is 18.2 Å². The molecule has 0 spiro atoms. The number of rotatable bonds is 3. The number of nitrogens with two attached hydrogens (primary N) is 1. The first-order valence-corrected chi connectivity index (χ1v) is 7.00. The molecule has 1 aromatic heterocycles. The first kappa shape index (κ1) is 12.6. The second kappa shape index (κ2) is 4.60. The lowest BCUT2D eigenvalue weighted by Gasteiger charge is -2.17. The molecule has 3 rings (SSSR count). The fourth-order valence-corrected chi connectivity index (χ4v) is 3.15. The van der Waals surface area contributed by atoms with Crippen LogP contribution in [0.1, 0.15) is 31.9 Å². The van der Waals surface area contributed by atoms with Crippen molar-refractivity contribution in [2.24, 2.45) is 5.73 Å². The van der Waals surface area contributed by atoms with Gasteiger partial charge in [0, 0.05) is 24.4 Å². The van der Waals surface area contributed by atoms with Crippen molar-refractivity contribution in [3.63, 3.8) is 0 Å². The van der Waals surface area contributed by atoms with Crippen molar-refractivity contribution in [1.82, 2.24) is 9.78 Å². The molecule has 0 saturated heterocycles. The second-order valence-corrected chi connectivity index (χ2v) is 5.61. The van der Waals surface area contributed by atoms with E-state index in [1.807, 2.05) is 28.9 Å². The largest absolute Gasteiger partial charge is 0.328 e. The average molecular weight is 261 g/mol. The van der Waals surface area contributed by atoms with Gasteiger partial charge in [-0.15, -0.1) is 0 Å². The molecule has 0 aliphatic heterocycles. The summed E-state index contributed by atoms with van der Waals surface area (Å²) >= 11 is 0. The third kappa shape index (κ3) is 2.25. The molecule has 2 N–H and O–H groups in total. The zero-order chi connectivity index (χ0) is 13.5. The van der Waals surface area contributed by atoms with Crippen molar-refractivity contribution < 1.29 is 4.39 Å². The van der Waals surface area contributed by atoms with Crippen LogP contribution in [-0.2, 0) is 13.0 Å². The molecule has 4 heteroatoms. The molecule has 1 fully saturated rings. The zero-order valence-corrected chi connectivity index (χ0v) is 11.3. The molecule has 102 valence electrons. The summed E-state index contributed by atoms with van der Waals surface area (Å²) in [7, 11) is 0. The molecule has 1 aromatic carbocycles. The maximum atomic E-state index is 14.8. The highest BCUT2D eigenvalue weighted by Crippen LogP contribution is 2.36. The zero-order valence-electron chi connectivity index (χ0n) is 11.3. The van der Waals surface area contributed by atoms with Gasteiger partial charge >= 0.3 is 0 Å². The van der Waals surface area contributed by atoms with E-state index in [0.29, 0.717) is 19.3 Å². The summed E-state index contributed by atoms with van der Waals surface area (Å²) in [6.07, 6.45) is 2.18. The number of fused-ring (bicyclic) bond motifs is 1. The number of benzene rings is 1. The highest BCUT2D eigenvalue weighted by Gasteiger charge is 2.39. The van der Waals surface area contributed by atoms with Crippen molar-refractivity contribution >= 4 is 10.9 Å². The van der Waals surface area contributed by atoms with Crippen LogP contribution in [0, 0.1) is 0 Å². The van der Waals surface area contributed by atoms with Crippen molar-refractivity contribution in [2.75, 3.05) is 0 Å². The first-order chi connectivity index (χ1) is 9.11. The minimum absolute atomic E-state index is 0.00419. The van der Waals surface area contributed by atoms with E-state index in [4.69, 9.17) is 5.73 Å². The fraction of sp³-hybridized carbons (Fsp3) is 0.533. The Morgan fingerprint density at radius 3 is 2.95 bits per heavy atom. The minimum atomic E-state index is -1.17. The molecular formula is C15H20FN3. The van der Waals surface area contributed by atoms with Gasteiger partial charge in [-0.2, -0.15) is 5.10 Å². The summed E-state index contributed by atoms with van der Waals surface area (Å²) in [6, 6.07) is 8.06. The molecule has 1 heterocycles. The van der Waals surface area contributed by atoms with E-state index in [1.165, 1.54) is 0 Å². The SMILES string of the molecule is CCn1nc(CC2(F)CCC(N)C2)c2ccccc21. The molecule has 3 nitrogen and oxygen atoms in total. The molecule has 0 amide bonds. The summed E-state index contributed by atoms with van der Waals surface area (Å²) < 4.78 is 16.7. The van der Waals surface area contributed by atoms with Gasteiger partial charge in [0.15, 0.2) is 0 Å². The van der Waals surface area contributed by atoms with Gasteiger partial charge in [0.1, 0.15) is 5.67 Å². The molecule has 2 atom stereocenters. The van der Waals surface area contributed by atoms with Gasteiger partial charge < -0.3 is 5.73 Å². The lowest BCUT2D eigenvalue weighted by Crippen LogP contribution is -2.26. The van der Waals surface area contributed by atoms with E-state index < -0.39 is 5.67 Å². The summed E-state index contributed by atoms with van der Waals surface area (Å²) in [5.41, 5.74) is 6.63. The van der Waals surface area contributed by atoms with Gasteiger partial charge in [0.25, 0.3) is 0 Å². The lowest BCUT2D eigenvalue weighted by molar-refractivity contribution is 0.169. The lowest BCUT2D eigenvalue weighted by atomic mass is 9.96. The Bertz CT molecular complexity index is 592. The predicted molar refractivity (Wildman–Crippen MR) is 74.8 cm³/mol. The Labute approximate surface area is 112 Å². The van der Waals surface area contributed by atoms with Crippen LogP contribution in [0.25, 0.3) is 10.9 Å². The van der Waals surface area contributed by atoms with Gasteiger partial charge in [-0.25, -0.2) is 4.39 Å². The fourth-order valence-electron chi connectivity index (χ4n) is 3.15. The number of hydrogen-bond acceptors (Lipinski definition) is 2. The van der Waals surface area contributed by atoms with Crippen LogP contribution in [0.2, 0.25) is 0 Å². The van der Waals surface area contributed by atoms with E-state index in [9.17, 15) is 4.39 Å². The topological polar surface area (TPSA) is 43.8 Å². The van der Waals surface area contributed by atoms with Crippen LogP contribution < -0.4 is 5.73 Å². The van der Waals surface area contributed by atoms with Crippen molar-refractivity contribution in [2.45, 2.75) is 50.9 Å². The van der Waals surface area contributed by atoms with E-state index in [1.54, 1.807) is 0 Å². The van der Waals surface area contributed by atoms with Crippen LogP contribution in [0.15, 0.2) is 24.3 Å². The molecule has 1 aliphatic carbocycles. The average Bonchev–Trinajstić information content (AvgIpc) is 2.91. The van der Waals surface area contributed by atoms with Crippen LogP contribution >= 0.6 is 0 Å². The van der Waals surface area contributed by atoms with Crippen LogP contribution in [-0.4, -0.2) is 21.5 Å². The Morgan fingerprint density at radius 1 is 1.47 bits per heavy atom. The van der Waals surface area contributed by atoms with E-state index in [2.05, 4.69) is 12.0 Å². The standard InChI is InChI=1S/C15H20FN3/c1-2-19-14-6-4-3-5-12(14)13(18-19)10-15(16)8-7-11(17)9-15/h3-6,11H,2,7-10,17H2,1H3. The normalized spacial score (nSPS) is 27.2. The molecule has 1 aliphatic rings. The third-order valence-corrected chi connectivity index (χ3v) is 4.11. The Hall–Kier alpha value is -1.42. The number of para-hydroxylation sites is 1. The van der Waals surface area contributed by atoms with E-state index in [0.717, 1.165) is 29.6 Å². The van der Waals surface area contributed by atoms with Gasteiger partial charge in [-0.3, -0.25) is 4.68 Å². The quantitative estimate of drug-likeness (QED) is 0.923.